The lowest BCUT2D eigenvalue weighted by Crippen LogP contribution is -2.16. The highest BCUT2D eigenvalue weighted by Crippen LogP contribution is 2.26. The van der Waals surface area contributed by atoms with Crippen LogP contribution >= 0.6 is 11.6 Å². The molecule has 0 radical (unpaired) electrons. The number of primary amides is 1. The Hall–Kier alpha value is -2.67. The first kappa shape index (κ1) is 13.8. The van der Waals surface area contributed by atoms with Crippen molar-refractivity contribution >= 4 is 35.0 Å². The molecule has 20 heavy (non-hydrogen) atoms. The van der Waals surface area contributed by atoms with E-state index >= 15 is 0 Å². The second kappa shape index (κ2) is 5.54. The number of benzene rings is 1. The summed E-state index contributed by atoms with van der Waals surface area (Å²) in [6.45, 7) is 0. The lowest BCUT2D eigenvalue weighted by Gasteiger charge is -2.09. The van der Waals surface area contributed by atoms with Crippen molar-refractivity contribution in [2.75, 3.05) is 5.32 Å². The van der Waals surface area contributed by atoms with Crippen molar-refractivity contribution < 1.29 is 14.7 Å². The van der Waals surface area contributed by atoms with Crippen LogP contribution in [0, 0.1) is 0 Å². The van der Waals surface area contributed by atoms with Gasteiger partial charge in [-0.05, 0) is 18.2 Å². The van der Waals surface area contributed by atoms with Crippen LogP contribution in [0.5, 0.6) is 0 Å². The summed E-state index contributed by atoms with van der Waals surface area (Å²) in [6, 6.07) is 4.12. The van der Waals surface area contributed by atoms with Gasteiger partial charge in [0.2, 0.25) is 0 Å². The second-order valence-electron chi connectivity index (χ2n) is 3.74. The molecule has 1 heterocycles. The minimum atomic E-state index is -1.09. The summed E-state index contributed by atoms with van der Waals surface area (Å²) in [5, 5.41) is 11.8. The average molecular weight is 293 g/mol. The predicted molar refractivity (Wildman–Crippen MR) is 72.2 cm³/mol. The van der Waals surface area contributed by atoms with E-state index in [1.54, 1.807) is 0 Å². The summed E-state index contributed by atoms with van der Waals surface area (Å²) >= 11 is 5.97. The molecule has 0 atom stereocenters. The van der Waals surface area contributed by atoms with Crippen LogP contribution in [0.1, 0.15) is 20.8 Å². The van der Waals surface area contributed by atoms with Crippen molar-refractivity contribution in [3.05, 3.63) is 46.9 Å². The minimum Gasteiger partial charge on any atom is -0.478 e. The number of rotatable bonds is 4. The lowest BCUT2D eigenvalue weighted by atomic mass is 10.2. The van der Waals surface area contributed by atoms with E-state index in [0.29, 0.717) is 5.69 Å². The van der Waals surface area contributed by atoms with E-state index in [1.807, 2.05) is 0 Å². The molecule has 102 valence electrons. The lowest BCUT2D eigenvalue weighted by molar-refractivity contribution is 0.0696. The van der Waals surface area contributed by atoms with Crippen LogP contribution in [0.4, 0.5) is 11.5 Å². The van der Waals surface area contributed by atoms with Crippen LogP contribution in [0.15, 0.2) is 30.6 Å². The first-order valence-corrected chi connectivity index (χ1v) is 5.77. The Balaban J connectivity index is 2.36. The number of nitrogens with zero attached hydrogens (tertiary/aromatic N) is 2. The third kappa shape index (κ3) is 2.83. The molecule has 7 nitrogen and oxygen atoms in total. The fourth-order valence-electron chi connectivity index (χ4n) is 1.49. The number of hydrogen-bond acceptors (Lipinski definition) is 5. The van der Waals surface area contributed by atoms with Gasteiger partial charge >= 0.3 is 5.97 Å². The summed E-state index contributed by atoms with van der Waals surface area (Å²) in [5.74, 6) is -1.68. The first-order chi connectivity index (χ1) is 9.49. The largest absolute Gasteiger partial charge is 0.478 e. The van der Waals surface area contributed by atoms with Crippen molar-refractivity contribution in [1.29, 1.82) is 0 Å². The molecule has 0 unspecified atom stereocenters. The van der Waals surface area contributed by atoms with Gasteiger partial charge < -0.3 is 16.2 Å². The van der Waals surface area contributed by atoms with E-state index in [2.05, 4.69) is 15.3 Å². The third-order valence-electron chi connectivity index (χ3n) is 2.40. The van der Waals surface area contributed by atoms with E-state index in [4.69, 9.17) is 22.4 Å². The molecule has 2 rings (SSSR count). The summed E-state index contributed by atoms with van der Waals surface area (Å²) < 4.78 is 0. The number of nitrogens with one attached hydrogen (secondary N) is 1. The number of carbonyl (C=O) groups excluding carboxylic acids is 1. The Morgan fingerprint density at radius 1 is 1.25 bits per heavy atom. The highest BCUT2D eigenvalue weighted by Gasteiger charge is 2.13. The molecular formula is C12H9ClN4O3. The van der Waals surface area contributed by atoms with Crippen LogP contribution in [0.3, 0.4) is 0 Å². The first-order valence-electron chi connectivity index (χ1n) is 5.39. The molecule has 0 aliphatic rings. The average Bonchev–Trinajstić information content (AvgIpc) is 2.41. The zero-order chi connectivity index (χ0) is 14.7. The smallest absolute Gasteiger partial charge is 0.335 e. The van der Waals surface area contributed by atoms with Crippen LogP contribution in [-0.2, 0) is 0 Å². The fourth-order valence-corrected chi connectivity index (χ4v) is 1.71. The number of carbonyl (C=O) groups is 2. The van der Waals surface area contributed by atoms with Gasteiger partial charge in [0.25, 0.3) is 5.91 Å². The standard InChI is InChI=1S/C12H9ClN4O3/c13-7-5-6(12(19)20)1-2-8(7)17-11-9(10(14)18)15-3-4-16-11/h1-5H,(H2,14,18)(H,16,17)(H,19,20). The topological polar surface area (TPSA) is 118 Å². The van der Waals surface area contributed by atoms with Gasteiger partial charge in [0, 0.05) is 12.4 Å². The van der Waals surface area contributed by atoms with Crippen molar-refractivity contribution in [1.82, 2.24) is 9.97 Å². The number of carboxylic acid groups (broad SMARTS) is 1. The molecule has 0 bridgehead atoms. The van der Waals surface area contributed by atoms with E-state index in [-0.39, 0.29) is 22.1 Å². The predicted octanol–water partition coefficient (Wildman–Crippen LogP) is 1.67. The monoisotopic (exact) mass is 292 g/mol. The maximum absolute atomic E-state index is 11.2. The van der Waals surface area contributed by atoms with Crippen molar-refractivity contribution in [3.8, 4) is 0 Å². The van der Waals surface area contributed by atoms with Gasteiger partial charge in [-0.2, -0.15) is 0 Å². The fraction of sp³-hybridized carbons (Fsp3) is 0. The number of carboxylic acids is 1. The second-order valence-corrected chi connectivity index (χ2v) is 4.15. The minimum absolute atomic E-state index is 0.0362. The van der Waals surface area contributed by atoms with E-state index < -0.39 is 11.9 Å². The Kier molecular flexibility index (Phi) is 3.81. The summed E-state index contributed by atoms with van der Waals surface area (Å²) in [5.41, 5.74) is 5.58. The maximum Gasteiger partial charge on any atom is 0.335 e. The van der Waals surface area contributed by atoms with Gasteiger partial charge in [0.15, 0.2) is 11.5 Å². The van der Waals surface area contributed by atoms with Crippen molar-refractivity contribution in [3.63, 3.8) is 0 Å². The number of aromatic carboxylic acids is 1. The zero-order valence-electron chi connectivity index (χ0n) is 10.0. The number of hydrogen-bond donors (Lipinski definition) is 3. The SMILES string of the molecule is NC(=O)c1nccnc1Nc1ccc(C(=O)O)cc1Cl. The normalized spacial score (nSPS) is 10.1. The highest BCUT2D eigenvalue weighted by atomic mass is 35.5. The molecule has 0 aliphatic heterocycles. The molecule has 1 amide bonds. The molecule has 0 spiro atoms. The van der Waals surface area contributed by atoms with Gasteiger partial charge in [0.1, 0.15) is 0 Å². The van der Waals surface area contributed by atoms with Gasteiger partial charge in [0.05, 0.1) is 16.3 Å². The van der Waals surface area contributed by atoms with Gasteiger partial charge in [-0.25, -0.2) is 14.8 Å². The third-order valence-corrected chi connectivity index (χ3v) is 2.71. The molecule has 0 saturated heterocycles. The van der Waals surface area contributed by atoms with Gasteiger partial charge in [-0.3, -0.25) is 4.79 Å². The van der Waals surface area contributed by atoms with Crippen LogP contribution in [0.25, 0.3) is 0 Å². The Morgan fingerprint density at radius 3 is 2.55 bits per heavy atom. The summed E-state index contributed by atoms with van der Waals surface area (Å²) in [6.07, 6.45) is 2.72. The number of amides is 1. The van der Waals surface area contributed by atoms with E-state index in [0.717, 1.165) is 0 Å². The van der Waals surface area contributed by atoms with E-state index in [1.165, 1.54) is 30.6 Å². The molecule has 1 aromatic heterocycles. The number of nitrogens with two attached hydrogens (primary N) is 1. The molecule has 1 aromatic carbocycles. The quantitative estimate of drug-likeness (QED) is 0.789. The number of aromatic nitrogens is 2. The molecule has 8 heteroatoms. The Morgan fingerprint density at radius 2 is 1.95 bits per heavy atom. The molecule has 0 saturated carbocycles. The molecule has 0 fully saturated rings. The van der Waals surface area contributed by atoms with Gasteiger partial charge in [-0.15, -0.1) is 0 Å². The Bertz CT molecular complexity index is 690. The van der Waals surface area contributed by atoms with Crippen LogP contribution < -0.4 is 11.1 Å². The van der Waals surface area contributed by atoms with E-state index in [9.17, 15) is 9.59 Å². The number of halogens is 1. The maximum atomic E-state index is 11.2. The number of anilines is 2. The molecular weight excluding hydrogens is 284 g/mol. The van der Waals surface area contributed by atoms with Gasteiger partial charge in [-0.1, -0.05) is 11.6 Å². The van der Waals surface area contributed by atoms with Crippen molar-refractivity contribution in [2.45, 2.75) is 0 Å². The highest BCUT2D eigenvalue weighted by molar-refractivity contribution is 6.33. The summed E-state index contributed by atoms with van der Waals surface area (Å²) in [7, 11) is 0. The van der Waals surface area contributed by atoms with Crippen LogP contribution in [0.2, 0.25) is 5.02 Å². The molecule has 4 N–H and O–H groups in total. The molecule has 2 aromatic rings. The Labute approximate surface area is 118 Å². The van der Waals surface area contributed by atoms with Crippen LogP contribution in [-0.4, -0.2) is 27.0 Å². The molecule has 0 aliphatic carbocycles. The van der Waals surface area contributed by atoms with Crippen molar-refractivity contribution in [2.24, 2.45) is 5.73 Å². The summed E-state index contributed by atoms with van der Waals surface area (Å²) in [4.78, 5) is 29.8. The zero-order valence-corrected chi connectivity index (χ0v) is 10.8.